The van der Waals surface area contributed by atoms with Crippen LogP contribution < -0.4 is 10.1 Å². The molecule has 0 aliphatic carbocycles. The lowest BCUT2D eigenvalue weighted by molar-refractivity contribution is -0.141. The van der Waals surface area contributed by atoms with E-state index < -0.39 is 40.3 Å². The quantitative estimate of drug-likeness (QED) is 0.389. The Balaban J connectivity index is 1.48. The molecule has 1 saturated heterocycles. The number of amides is 3. The normalized spacial score (nSPS) is 18.3. The summed E-state index contributed by atoms with van der Waals surface area (Å²) < 4.78 is 38.0. The van der Waals surface area contributed by atoms with Gasteiger partial charge < -0.3 is 19.7 Å². The summed E-state index contributed by atoms with van der Waals surface area (Å²) in [5.74, 6) is -1.33. The third kappa shape index (κ3) is 5.60. The van der Waals surface area contributed by atoms with Crippen molar-refractivity contribution in [2.24, 2.45) is 0 Å². The van der Waals surface area contributed by atoms with E-state index in [1.54, 1.807) is 47.8 Å². The fourth-order valence-corrected chi connectivity index (χ4v) is 7.23. The van der Waals surface area contributed by atoms with Crippen LogP contribution in [-0.2, 0) is 30.9 Å². The molecule has 3 heterocycles. The predicted octanol–water partition coefficient (Wildman–Crippen LogP) is 2.97. The number of thiophene rings is 1. The van der Waals surface area contributed by atoms with Crippen LogP contribution in [0, 0.1) is 0 Å². The molecular formula is C28H29N3O7S2. The minimum atomic E-state index is -4.23. The lowest BCUT2D eigenvalue weighted by atomic mass is 10.1. The second-order valence-electron chi connectivity index (χ2n) is 9.48. The number of nitrogens with zero attached hydrogens (tertiary/aromatic N) is 2. The van der Waals surface area contributed by atoms with Crippen LogP contribution in [0.2, 0.25) is 0 Å². The van der Waals surface area contributed by atoms with Gasteiger partial charge in [-0.25, -0.2) is 12.7 Å². The minimum Gasteiger partial charge on any atom is -0.497 e. The lowest BCUT2D eigenvalue weighted by Crippen LogP contribution is -2.48. The Morgan fingerprint density at radius 1 is 1.18 bits per heavy atom. The molecule has 2 aliphatic heterocycles. The van der Waals surface area contributed by atoms with Gasteiger partial charge in [0.1, 0.15) is 23.2 Å². The molecule has 0 unspecified atom stereocenters. The molecule has 0 spiro atoms. The van der Waals surface area contributed by atoms with Crippen molar-refractivity contribution in [2.45, 2.75) is 36.4 Å². The standard InChI is InChI=1S/C28H29N3O7S2/c1-37-20-8-4-7-19(15-20)17-30(25(32)18-31-28(34)22-10-2-3-12-24(22)40(31,35)36)26(23-11-6-14-39-23)27(33)29-16-21-9-5-13-38-21/h2-4,6-8,10-12,14-15,21,26H,5,9,13,16-18H2,1H3,(H,29,33)/t21-,26+/m0/s1. The van der Waals surface area contributed by atoms with Crippen LogP contribution in [0.1, 0.15) is 39.7 Å². The van der Waals surface area contributed by atoms with Crippen molar-refractivity contribution in [3.05, 3.63) is 82.0 Å². The number of rotatable bonds is 10. The highest BCUT2D eigenvalue weighted by Gasteiger charge is 2.43. The average molecular weight is 584 g/mol. The van der Waals surface area contributed by atoms with Crippen LogP contribution in [0.15, 0.2) is 70.9 Å². The first-order valence-electron chi connectivity index (χ1n) is 12.8. The Morgan fingerprint density at radius 2 is 2.00 bits per heavy atom. The van der Waals surface area contributed by atoms with Gasteiger partial charge in [-0.2, -0.15) is 0 Å². The van der Waals surface area contributed by atoms with Crippen molar-refractivity contribution in [3.8, 4) is 5.75 Å². The molecule has 1 N–H and O–H groups in total. The van der Waals surface area contributed by atoms with Crippen molar-refractivity contribution in [1.29, 1.82) is 0 Å². The van der Waals surface area contributed by atoms with Crippen molar-refractivity contribution in [3.63, 3.8) is 0 Å². The largest absolute Gasteiger partial charge is 0.497 e. The fourth-order valence-electron chi connectivity index (χ4n) is 4.88. The summed E-state index contributed by atoms with van der Waals surface area (Å²) in [5, 5.41) is 4.72. The van der Waals surface area contributed by atoms with Crippen LogP contribution in [0.3, 0.4) is 0 Å². The van der Waals surface area contributed by atoms with Crippen molar-refractivity contribution in [2.75, 3.05) is 26.8 Å². The molecule has 1 aromatic heterocycles. The molecule has 10 nitrogen and oxygen atoms in total. The number of nitrogens with one attached hydrogen (secondary N) is 1. The number of ether oxygens (including phenoxy) is 2. The van der Waals surface area contributed by atoms with E-state index in [0.717, 1.165) is 12.8 Å². The number of benzene rings is 2. The molecule has 0 bridgehead atoms. The minimum absolute atomic E-state index is 0.0127. The smallest absolute Gasteiger partial charge is 0.269 e. The Bertz CT molecular complexity index is 1500. The van der Waals surface area contributed by atoms with Gasteiger partial charge in [0.25, 0.3) is 15.9 Å². The molecule has 210 valence electrons. The van der Waals surface area contributed by atoms with E-state index in [2.05, 4.69) is 5.32 Å². The average Bonchev–Trinajstić information content (AvgIpc) is 3.72. The molecule has 0 radical (unpaired) electrons. The van der Waals surface area contributed by atoms with E-state index in [9.17, 15) is 22.8 Å². The number of carbonyl (C=O) groups excluding carboxylic acids is 3. The van der Waals surface area contributed by atoms with Gasteiger partial charge in [0, 0.05) is 24.6 Å². The number of fused-ring (bicyclic) bond motifs is 1. The Hall–Kier alpha value is -3.74. The molecule has 3 amide bonds. The molecule has 2 aliphatic rings. The zero-order valence-corrected chi connectivity index (χ0v) is 23.4. The summed E-state index contributed by atoms with van der Waals surface area (Å²) in [5.41, 5.74) is 0.679. The van der Waals surface area contributed by atoms with E-state index in [4.69, 9.17) is 9.47 Å². The predicted molar refractivity (Wildman–Crippen MR) is 147 cm³/mol. The fraction of sp³-hybridized carbons (Fsp3) is 0.321. The molecule has 2 aromatic carbocycles. The SMILES string of the molecule is COc1cccc(CN(C(=O)CN2C(=O)c3ccccc3S2(=O)=O)[C@@H](C(=O)NC[C@@H]2CCCO2)c2cccs2)c1. The first-order valence-corrected chi connectivity index (χ1v) is 15.1. The number of methoxy groups -OCH3 is 1. The highest BCUT2D eigenvalue weighted by molar-refractivity contribution is 7.90. The van der Waals surface area contributed by atoms with Crippen LogP contribution in [0.4, 0.5) is 0 Å². The second-order valence-corrected chi connectivity index (χ2v) is 12.3. The van der Waals surface area contributed by atoms with Gasteiger partial charge in [0.15, 0.2) is 0 Å². The van der Waals surface area contributed by atoms with Gasteiger partial charge >= 0.3 is 0 Å². The van der Waals surface area contributed by atoms with Crippen LogP contribution in [0.5, 0.6) is 5.75 Å². The van der Waals surface area contributed by atoms with E-state index >= 15 is 0 Å². The summed E-state index contributed by atoms with van der Waals surface area (Å²) in [6, 6.07) is 15.4. The van der Waals surface area contributed by atoms with Crippen molar-refractivity contribution >= 4 is 39.1 Å². The topological polar surface area (TPSA) is 122 Å². The summed E-state index contributed by atoms with van der Waals surface area (Å²) in [6.45, 7) is 0.147. The Kier molecular flexibility index (Phi) is 8.19. The van der Waals surface area contributed by atoms with E-state index in [1.165, 1.54) is 41.5 Å². The lowest BCUT2D eigenvalue weighted by Gasteiger charge is -2.32. The maximum atomic E-state index is 14.0. The molecule has 3 aromatic rings. The highest BCUT2D eigenvalue weighted by Crippen LogP contribution is 2.32. The monoisotopic (exact) mass is 583 g/mol. The number of carbonyl (C=O) groups is 3. The summed E-state index contributed by atoms with van der Waals surface area (Å²) >= 11 is 1.30. The van der Waals surface area contributed by atoms with Crippen LogP contribution in [-0.4, -0.2) is 68.3 Å². The zero-order valence-electron chi connectivity index (χ0n) is 21.8. The van der Waals surface area contributed by atoms with E-state index in [-0.39, 0.29) is 29.7 Å². The molecule has 1 fully saturated rings. The zero-order chi connectivity index (χ0) is 28.3. The maximum absolute atomic E-state index is 14.0. The van der Waals surface area contributed by atoms with Gasteiger partial charge in [-0.3, -0.25) is 14.4 Å². The highest BCUT2D eigenvalue weighted by atomic mass is 32.2. The van der Waals surface area contributed by atoms with Gasteiger partial charge in [0.2, 0.25) is 11.8 Å². The molecule has 5 rings (SSSR count). The molecule has 0 saturated carbocycles. The molecular weight excluding hydrogens is 554 g/mol. The molecule has 12 heteroatoms. The number of sulfonamides is 1. The van der Waals surface area contributed by atoms with Crippen molar-refractivity contribution in [1.82, 2.24) is 14.5 Å². The summed E-state index contributed by atoms with van der Waals surface area (Å²) in [4.78, 5) is 42.5. The van der Waals surface area contributed by atoms with Crippen LogP contribution in [0.25, 0.3) is 0 Å². The van der Waals surface area contributed by atoms with Crippen LogP contribution >= 0.6 is 11.3 Å². The molecule has 40 heavy (non-hydrogen) atoms. The number of hydrogen-bond acceptors (Lipinski definition) is 8. The summed E-state index contributed by atoms with van der Waals surface area (Å²) in [6.07, 6.45) is 1.63. The Labute approximate surface area is 236 Å². The Morgan fingerprint density at radius 3 is 2.70 bits per heavy atom. The van der Waals surface area contributed by atoms with Gasteiger partial charge in [-0.15, -0.1) is 11.3 Å². The second kappa shape index (κ2) is 11.8. The first kappa shape index (κ1) is 27.8. The van der Waals surface area contributed by atoms with Crippen molar-refractivity contribution < 1.29 is 32.3 Å². The summed E-state index contributed by atoms with van der Waals surface area (Å²) in [7, 11) is -2.70. The van der Waals surface area contributed by atoms with Gasteiger partial charge in [-0.05, 0) is 54.1 Å². The molecule has 2 atom stereocenters. The van der Waals surface area contributed by atoms with Gasteiger partial charge in [-0.1, -0.05) is 30.3 Å². The third-order valence-electron chi connectivity index (χ3n) is 6.90. The first-order chi connectivity index (χ1) is 19.3. The number of hydrogen-bond donors (Lipinski definition) is 1. The van der Waals surface area contributed by atoms with Gasteiger partial charge in [0.05, 0.1) is 18.8 Å². The maximum Gasteiger partial charge on any atom is 0.269 e. The van der Waals surface area contributed by atoms with E-state index in [0.29, 0.717) is 27.1 Å². The van der Waals surface area contributed by atoms with E-state index in [1.807, 2.05) is 0 Å². The third-order valence-corrected chi connectivity index (χ3v) is 9.61.